The number of ether oxygens (including phenoxy) is 1. The number of hydrogen-bond donors (Lipinski definition) is 2. The standard InChI is InChI=1S/C23H22N4O2S/c1-14-12-27(13-24-14)20-9-8-19(11-21(20)29-4)26-23(28)18-7-5-6-17(10-18)22-15(2)25-16(3)30-22/h5-13H,1-4H3,(H,26,28)/p+1. The third kappa shape index (κ3) is 4.03. The summed E-state index contributed by atoms with van der Waals surface area (Å²) in [7, 11) is 1.62. The van der Waals surface area contributed by atoms with E-state index in [9.17, 15) is 4.79 Å². The van der Waals surface area contributed by atoms with Crippen LogP contribution in [0.4, 0.5) is 11.4 Å². The van der Waals surface area contributed by atoms with Gasteiger partial charge in [-0.05, 0) is 44.5 Å². The molecule has 0 fully saturated rings. The summed E-state index contributed by atoms with van der Waals surface area (Å²) in [6, 6.07) is 13.3. The second-order valence-corrected chi connectivity index (χ2v) is 8.30. The fraction of sp³-hybridized carbons (Fsp3) is 0.174. The van der Waals surface area contributed by atoms with Crippen LogP contribution in [0.5, 0.6) is 5.75 Å². The van der Waals surface area contributed by atoms with Crippen LogP contribution < -0.4 is 15.0 Å². The van der Waals surface area contributed by atoms with Gasteiger partial charge in [-0.25, -0.2) is 14.9 Å². The number of benzene rings is 2. The summed E-state index contributed by atoms with van der Waals surface area (Å²) in [5, 5.41) is 3.98. The Kier molecular flexibility index (Phi) is 5.48. The number of aryl methyl sites for hydroxylation is 2. The Morgan fingerprint density at radius 1 is 1.13 bits per heavy atom. The molecule has 1 amide bonds. The van der Waals surface area contributed by atoms with Crippen LogP contribution in [0.2, 0.25) is 0 Å². The van der Waals surface area contributed by atoms with Crippen LogP contribution in [0.3, 0.4) is 0 Å². The molecule has 30 heavy (non-hydrogen) atoms. The number of amides is 1. The van der Waals surface area contributed by atoms with Gasteiger partial charge in [0.1, 0.15) is 6.20 Å². The van der Waals surface area contributed by atoms with Crippen molar-refractivity contribution >= 4 is 35.0 Å². The van der Waals surface area contributed by atoms with Gasteiger partial charge < -0.3 is 10.1 Å². The Labute approximate surface area is 179 Å². The van der Waals surface area contributed by atoms with Gasteiger partial charge >= 0.3 is 0 Å². The Morgan fingerprint density at radius 2 is 1.97 bits per heavy atom. The molecule has 2 aromatic carbocycles. The van der Waals surface area contributed by atoms with E-state index < -0.39 is 0 Å². The highest BCUT2D eigenvalue weighted by atomic mass is 32.1. The number of carbonyl (C=O) groups is 1. The van der Waals surface area contributed by atoms with E-state index in [0.29, 0.717) is 17.0 Å². The Bertz CT molecular complexity index is 1180. The van der Waals surface area contributed by atoms with Gasteiger partial charge in [0.05, 0.1) is 28.4 Å². The number of anilines is 1. The molecule has 0 radical (unpaired) electrons. The van der Waals surface area contributed by atoms with Gasteiger partial charge in [-0.3, -0.25) is 4.79 Å². The van der Waals surface area contributed by atoms with Crippen molar-refractivity contribution in [1.82, 2.24) is 4.98 Å². The van der Waals surface area contributed by atoms with Crippen molar-refractivity contribution in [3.63, 3.8) is 0 Å². The first-order chi connectivity index (χ1) is 14.4. The monoisotopic (exact) mass is 419 g/mol. The maximum atomic E-state index is 12.9. The number of methoxy groups -OCH3 is 1. The van der Waals surface area contributed by atoms with E-state index in [1.165, 1.54) is 0 Å². The van der Waals surface area contributed by atoms with Crippen LogP contribution >= 0.6 is 11.3 Å². The Balaban J connectivity index is 1.56. The molecule has 2 heterocycles. The summed E-state index contributed by atoms with van der Waals surface area (Å²) >= 11 is 1.63. The van der Waals surface area contributed by atoms with Gasteiger partial charge in [0.15, 0.2) is 17.8 Å². The number of aromatic nitrogens is 1. The Morgan fingerprint density at radius 3 is 2.63 bits per heavy atom. The molecule has 0 bridgehead atoms. The summed E-state index contributed by atoms with van der Waals surface area (Å²) in [4.78, 5) is 23.7. The van der Waals surface area contributed by atoms with Crippen molar-refractivity contribution in [2.75, 3.05) is 12.4 Å². The first kappa shape index (κ1) is 20.0. The fourth-order valence-corrected chi connectivity index (χ4v) is 4.35. The lowest BCUT2D eigenvalue weighted by Crippen LogP contribution is -3.00. The minimum Gasteiger partial charge on any atom is -0.491 e. The second kappa shape index (κ2) is 8.22. The molecule has 7 heteroatoms. The zero-order valence-corrected chi connectivity index (χ0v) is 18.1. The number of allylic oxidation sites excluding steroid dienone is 1. The van der Waals surface area contributed by atoms with Crippen LogP contribution in [-0.2, 0) is 0 Å². The van der Waals surface area contributed by atoms with Gasteiger partial charge in [0.2, 0.25) is 0 Å². The average Bonchev–Trinajstić information content (AvgIpc) is 3.32. The lowest BCUT2D eigenvalue weighted by atomic mass is 10.1. The Hall–Kier alpha value is -3.29. The number of aliphatic imine (C=N–C) groups is 1. The normalized spacial score (nSPS) is 15.2. The lowest BCUT2D eigenvalue weighted by molar-refractivity contribution is -0.655. The van der Waals surface area contributed by atoms with Crippen LogP contribution in [0.25, 0.3) is 10.4 Å². The molecule has 152 valence electrons. The maximum absolute atomic E-state index is 12.9. The molecule has 2 N–H and O–H groups in total. The highest BCUT2D eigenvalue weighted by molar-refractivity contribution is 7.15. The predicted molar refractivity (Wildman–Crippen MR) is 121 cm³/mol. The van der Waals surface area contributed by atoms with Gasteiger partial charge in [0, 0.05) is 23.4 Å². The van der Waals surface area contributed by atoms with Crippen LogP contribution in [0.1, 0.15) is 28.0 Å². The smallest absolute Gasteiger partial charge is 0.255 e. The molecule has 1 aliphatic rings. The van der Waals surface area contributed by atoms with E-state index >= 15 is 0 Å². The molecule has 6 nitrogen and oxygen atoms in total. The first-order valence-electron chi connectivity index (χ1n) is 9.58. The summed E-state index contributed by atoms with van der Waals surface area (Å²) in [5.74, 6) is 0.515. The van der Waals surface area contributed by atoms with E-state index in [-0.39, 0.29) is 5.91 Å². The number of hydrogen-bond acceptors (Lipinski definition) is 5. The van der Waals surface area contributed by atoms with Crippen LogP contribution in [0, 0.1) is 13.8 Å². The van der Waals surface area contributed by atoms with E-state index in [2.05, 4.69) is 15.3 Å². The van der Waals surface area contributed by atoms with Crippen molar-refractivity contribution in [2.24, 2.45) is 4.99 Å². The van der Waals surface area contributed by atoms with Gasteiger partial charge in [-0.2, -0.15) is 0 Å². The number of carbonyl (C=O) groups excluding carboxylic acids is 1. The van der Waals surface area contributed by atoms with E-state index in [1.54, 1.807) is 18.4 Å². The highest BCUT2D eigenvalue weighted by Gasteiger charge is 2.19. The number of nitrogens with one attached hydrogen (secondary N) is 2. The summed E-state index contributed by atoms with van der Waals surface area (Å²) in [6.07, 6.45) is 3.82. The largest absolute Gasteiger partial charge is 0.491 e. The van der Waals surface area contributed by atoms with E-state index in [4.69, 9.17) is 4.74 Å². The highest BCUT2D eigenvalue weighted by Crippen LogP contribution is 2.30. The second-order valence-electron chi connectivity index (χ2n) is 7.10. The van der Waals surface area contributed by atoms with E-state index in [1.807, 2.05) is 75.8 Å². The molecule has 0 aliphatic carbocycles. The molecule has 1 aliphatic heterocycles. The number of thiazole rings is 1. The van der Waals surface area contributed by atoms with Gasteiger partial charge in [0.25, 0.3) is 5.91 Å². The van der Waals surface area contributed by atoms with Crippen molar-refractivity contribution in [3.8, 4) is 16.2 Å². The van der Waals surface area contributed by atoms with Crippen molar-refractivity contribution in [2.45, 2.75) is 20.8 Å². The molecule has 0 saturated heterocycles. The molecule has 0 spiro atoms. The predicted octanol–water partition coefficient (Wildman–Crippen LogP) is 4.11. The third-order valence-corrected chi connectivity index (χ3v) is 5.95. The van der Waals surface area contributed by atoms with Crippen LogP contribution in [0.15, 0.2) is 59.4 Å². The zero-order valence-electron chi connectivity index (χ0n) is 17.3. The third-order valence-electron chi connectivity index (χ3n) is 4.83. The molecule has 4 rings (SSSR count). The van der Waals surface area contributed by atoms with Crippen molar-refractivity contribution in [1.29, 1.82) is 0 Å². The fourth-order valence-electron chi connectivity index (χ4n) is 3.43. The van der Waals surface area contributed by atoms with Gasteiger partial charge in [-0.1, -0.05) is 12.1 Å². The van der Waals surface area contributed by atoms with E-state index in [0.717, 1.165) is 37.4 Å². The minimum absolute atomic E-state index is 0.170. The quantitative estimate of drug-likeness (QED) is 0.654. The molecule has 1 aromatic heterocycles. The van der Waals surface area contributed by atoms with Gasteiger partial charge in [-0.15, -0.1) is 11.3 Å². The summed E-state index contributed by atoms with van der Waals surface area (Å²) in [6.45, 7) is 5.93. The average molecular weight is 420 g/mol. The van der Waals surface area contributed by atoms with Crippen molar-refractivity contribution in [3.05, 3.63) is 70.6 Å². The van der Waals surface area contributed by atoms with Crippen LogP contribution in [-0.4, -0.2) is 24.3 Å². The zero-order chi connectivity index (χ0) is 21.3. The number of quaternary nitrogens is 1. The molecule has 3 aromatic rings. The molecular weight excluding hydrogens is 396 g/mol. The molecular formula is C23H23N4O2S+. The first-order valence-corrected chi connectivity index (χ1v) is 10.4. The summed E-state index contributed by atoms with van der Waals surface area (Å²) in [5.41, 5.74) is 5.14. The minimum atomic E-state index is -0.170. The topological polar surface area (TPSA) is 68.0 Å². The number of rotatable bonds is 5. The van der Waals surface area contributed by atoms with Crippen molar-refractivity contribution < 1.29 is 14.4 Å². The lowest BCUT2D eigenvalue weighted by Gasteiger charge is -2.12. The SMILES string of the molecule is COc1cc(NC(=O)c2cccc(-c3sc(C)nc3C)c2)ccc1[NH+]1C=NC(C)=C1. The molecule has 1 unspecified atom stereocenters. The molecule has 1 atom stereocenters. The maximum Gasteiger partial charge on any atom is 0.255 e. The summed E-state index contributed by atoms with van der Waals surface area (Å²) < 4.78 is 5.54. The molecule has 0 saturated carbocycles. The number of nitrogens with zero attached hydrogens (tertiary/aromatic N) is 2.